The Balaban J connectivity index is 1.66. The van der Waals surface area contributed by atoms with Gasteiger partial charge in [-0.05, 0) is 43.7 Å². The molecule has 3 aromatic rings. The maximum Gasteiger partial charge on any atom is 0.419 e. The number of hydrogen-bond acceptors (Lipinski definition) is 3. The van der Waals surface area contributed by atoms with Gasteiger partial charge in [-0.15, -0.1) is 0 Å². The number of alkyl halides is 3. The quantitative estimate of drug-likeness (QED) is 0.481. The van der Waals surface area contributed by atoms with Crippen LogP contribution >= 0.6 is 11.6 Å². The second-order valence-corrected chi connectivity index (χ2v) is 7.57. The molecule has 3 rings (SSSR count). The molecule has 5 nitrogen and oxygen atoms in total. The highest BCUT2D eigenvalue weighted by molar-refractivity contribution is 6.33. The van der Waals surface area contributed by atoms with Crippen LogP contribution in [0.1, 0.15) is 34.1 Å². The number of amides is 1. The molecule has 10 heteroatoms. The third-order valence-electron chi connectivity index (χ3n) is 4.60. The number of nitrogens with one attached hydrogen (secondary N) is 1. The number of aryl methyl sites for hydroxylation is 1. The minimum atomic E-state index is -4.55. The van der Waals surface area contributed by atoms with Crippen molar-refractivity contribution >= 4 is 17.5 Å². The molecule has 0 saturated carbocycles. The van der Waals surface area contributed by atoms with Gasteiger partial charge in [0, 0.05) is 0 Å². The van der Waals surface area contributed by atoms with Gasteiger partial charge in [-0.25, -0.2) is 9.07 Å². The highest BCUT2D eigenvalue weighted by Gasteiger charge is 2.34. The number of carbonyl (C=O) groups excluding carboxylic acids is 1. The van der Waals surface area contributed by atoms with Crippen molar-refractivity contribution in [3.05, 3.63) is 81.9 Å². The third kappa shape index (κ3) is 5.59. The number of nitrogens with zero attached hydrogens (tertiary/aromatic N) is 2. The van der Waals surface area contributed by atoms with E-state index in [0.717, 1.165) is 11.6 Å². The number of rotatable bonds is 7. The summed E-state index contributed by atoms with van der Waals surface area (Å²) in [5.41, 5.74) is 0.383. The number of para-hydroxylation sites is 1. The van der Waals surface area contributed by atoms with Crippen molar-refractivity contribution in [2.75, 3.05) is 6.61 Å². The van der Waals surface area contributed by atoms with Crippen molar-refractivity contribution in [2.24, 2.45) is 0 Å². The number of aromatic nitrogens is 2. The van der Waals surface area contributed by atoms with E-state index in [0.29, 0.717) is 5.69 Å². The Morgan fingerprint density at radius 3 is 2.50 bits per heavy atom. The van der Waals surface area contributed by atoms with Crippen molar-refractivity contribution in [1.82, 2.24) is 15.1 Å². The van der Waals surface area contributed by atoms with E-state index in [2.05, 4.69) is 10.4 Å². The zero-order valence-corrected chi connectivity index (χ0v) is 18.0. The average Bonchev–Trinajstić information content (AvgIpc) is 3.00. The van der Waals surface area contributed by atoms with Crippen LogP contribution in [-0.4, -0.2) is 28.3 Å². The van der Waals surface area contributed by atoms with Gasteiger partial charge in [0.05, 0.1) is 29.4 Å². The summed E-state index contributed by atoms with van der Waals surface area (Å²) in [6.07, 6.45) is -4.55. The maximum atomic E-state index is 13.1. The largest absolute Gasteiger partial charge is 0.491 e. The van der Waals surface area contributed by atoms with Crippen LogP contribution in [0.25, 0.3) is 0 Å². The van der Waals surface area contributed by atoms with Gasteiger partial charge in [0.1, 0.15) is 23.3 Å². The Bertz CT molecular complexity index is 1100. The van der Waals surface area contributed by atoms with Crippen molar-refractivity contribution in [1.29, 1.82) is 0 Å². The molecule has 0 spiro atoms. The van der Waals surface area contributed by atoms with E-state index in [1.54, 1.807) is 26.0 Å². The molecule has 1 atom stereocenters. The Hall–Kier alpha value is -3.07. The van der Waals surface area contributed by atoms with Gasteiger partial charge in [0.15, 0.2) is 0 Å². The molecule has 0 aliphatic heterocycles. The smallest absolute Gasteiger partial charge is 0.419 e. The third-order valence-corrected chi connectivity index (χ3v) is 4.98. The summed E-state index contributed by atoms with van der Waals surface area (Å²) in [5, 5.41) is 7.02. The molecule has 0 bridgehead atoms. The standard InChI is InChI=1S/C22H20ClF4N3O2/c1-13(12-32-18-6-4-3-5-17(18)22(25,26)27)28-21(31)19-14(2)29-30(20(19)23)11-15-7-9-16(24)10-8-15/h3-10,13H,11-12H2,1-2H3,(H,28,31). The van der Waals surface area contributed by atoms with Gasteiger partial charge in [-0.1, -0.05) is 35.9 Å². The molecule has 1 unspecified atom stereocenters. The molecule has 1 N–H and O–H groups in total. The molecule has 1 heterocycles. The summed E-state index contributed by atoms with van der Waals surface area (Å²) in [4.78, 5) is 12.7. The van der Waals surface area contributed by atoms with Gasteiger partial charge in [0.25, 0.3) is 5.91 Å². The summed E-state index contributed by atoms with van der Waals surface area (Å²) in [6.45, 7) is 3.27. The predicted molar refractivity (Wildman–Crippen MR) is 111 cm³/mol. The second-order valence-electron chi connectivity index (χ2n) is 7.21. The van der Waals surface area contributed by atoms with Crippen molar-refractivity contribution < 1.29 is 27.1 Å². The number of ether oxygens (including phenoxy) is 1. The van der Waals surface area contributed by atoms with Gasteiger partial charge >= 0.3 is 6.18 Å². The maximum absolute atomic E-state index is 13.1. The molecule has 0 aliphatic carbocycles. The predicted octanol–water partition coefficient (Wildman–Crippen LogP) is 5.25. The van der Waals surface area contributed by atoms with E-state index in [1.807, 2.05) is 0 Å². The molecule has 1 aromatic heterocycles. The zero-order valence-electron chi connectivity index (χ0n) is 17.2. The summed E-state index contributed by atoms with van der Waals surface area (Å²) < 4.78 is 59.0. The van der Waals surface area contributed by atoms with E-state index in [4.69, 9.17) is 16.3 Å². The first-order chi connectivity index (χ1) is 15.1. The first kappa shape index (κ1) is 23.6. The first-order valence-corrected chi connectivity index (χ1v) is 10.0. The highest BCUT2D eigenvalue weighted by Crippen LogP contribution is 2.35. The number of halogens is 5. The van der Waals surface area contributed by atoms with E-state index in [-0.39, 0.29) is 35.4 Å². The minimum absolute atomic E-state index is 0.0971. The van der Waals surface area contributed by atoms with Crippen molar-refractivity contribution in [2.45, 2.75) is 32.6 Å². The molecule has 32 heavy (non-hydrogen) atoms. The molecule has 0 radical (unpaired) electrons. The number of hydrogen-bond donors (Lipinski definition) is 1. The fourth-order valence-corrected chi connectivity index (χ4v) is 3.38. The van der Waals surface area contributed by atoms with E-state index in [9.17, 15) is 22.4 Å². The molecule has 170 valence electrons. The van der Waals surface area contributed by atoms with Gasteiger partial charge in [0.2, 0.25) is 0 Å². The number of carbonyl (C=O) groups is 1. The molecular weight excluding hydrogens is 450 g/mol. The Morgan fingerprint density at radius 2 is 1.84 bits per heavy atom. The summed E-state index contributed by atoms with van der Waals surface area (Å²) in [7, 11) is 0. The Labute approximate surface area is 186 Å². The Kier molecular flexibility index (Phi) is 7.08. The SMILES string of the molecule is Cc1nn(Cc2ccc(F)cc2)c(Cl)c1C(=O)NC(C)COc1ccccc1C(F)(F)F. The van der Waals surface area contributed by atoms with Crippen LogP contribution < -0.4 is 10.1 Å². The summed E-state index contributed by atoms with van der Waals surface area (Å²) >= 11 is 6.34. The zero-order chi connectivity index (χ0) is 23.5. The van der Waals surface area contributed by atoms with Crippen LogP contribution in [0.15, 0.2) is 48.5 Å². The van der Waals surface area contributed by atoms with E-state index >= 15 is 0 Å². The lowest BCUT2D eigenvalue weighted by Crippen LogP contribution is -2.37. The van der Waals surface area contributed by atoms with Crippen LogP contribution in [0.2, 0.25) is 5.15 Å². The molecule has 0 saturated heterocycles. The van der Waals surface area contributed by atoms with Crippen molar-refractivity contribution in [3.8, 4) is 5.75 Å². The molecule has 0 aliphatic rings. The first-order valence-electron chi connectivity index (χ1n) is 9.63. The lowest BCUT2D eigenvalue weighted by atomic mass is 10.2. The molecular formula is C22H20ClF4N3O2. The van der Waals surface area contributed by atoms with Gasteiger partial charge in [-0.3, -0.25) is 4.79 Å². The lowest BCUT2D eigenvalue weighted by molar-refractivity contribution is -0.139. The van der Waals surface area contributed by atoms with E-state index in [1.165, 1.54) is 35.0 Å². The fourth-order valence-electron chi connectivity index (χ4n) is 3.06. The highest BCUT2D eigenvalue weighted by atomic mass is 35.5. The van der Waals surface area contributed by atoms with Crippen LogP contribution in [0.5, 0.6) is 5.75 Å². The lowest BCUT2D eigenvalue weighted by Gasteiger charge is -2.18. The van der Waals surface area contributed by atoms with Crippen LogP contribution in [0.4, 0.5) is 17.6 Å². The topological polar surface area (TPSA) is 56.2 Å². The van der Waals surface area contributed by atoms with Crippen LogP contribution in [-0.2, 0) is 12.7 Å². The molecule has 2 aromatic carbocycles. The van der Waals surface area contributed by atoms with Gasteiger partial charge < -0.3 is 10.1 Å². The Morgan fingerprint density at radius 1 is 1.19 bits per heavy atom. The van der Waals surface area contributed by atoms with Gasteiger partial charge in [-0.2, -0.15) is 18.3 Å². The second kappa shape index (κ2) is 9.60. The normalized spacial score (nSPS) is 12.5. The van der Waals surface area contributed by atoms with Crippen molar-refractivity contribution in [3.63, 3.8) is 0 Å². The molecule has 0 fully saturated rings. The van der Waals surface area contributed by atoms with Crippen LogP contribution in [0, 0.1) is 12.7 Å². The average molecular weight is 470 g/mol. The fraction of sp³-hybridized carbons (Fsp3) is 0.273. The summed E-state index contributed by atoms with van der Waals surface area (Å²) in [6, 6.07) is 10.0. The number of benzene rings is 2. The van der Waals surface area contributed by atoms with E-state index < -0.39 is 23.7 Å². The minimum Gasteiger partial charge on any atom is -0.491 e. The molecule has 1 amide bonds. The monoisotopic (exact) mass is 469 g/mol. The van der Waals surface area contributed by atoms with Crippen LogP contribution in [0.3, 0.4) is 0 Å². The summed E-state index contributed by atoms with van der Waals surface area (Å²) in [5.74, 6) is -1.22.